The van der Waals surface area contributed by atoms with Gasteiger partial charge in [-0.25, -0.2) is 4.79 Å². The summed E-state index contributed by atoms with van der Waals surface area (Å²) in [5.74, 6) is 5.45. The zero-order valence-electron chi connectivity index (χ0n) is 22.2. The molecule has 1 saturated carbocycles. The first-order chi connectivity index (χ1) is 16.3. The Bertz CT molecular complexity index is 1030. The lowest BCUT2D eigenvalue weighted by Gasteiger charge is -2.42. The molecule has 1 saturated heterocycles. The quantitative estimate of drug-likeness (QED) is 0.525. The van der Waals surface area contributed by atoms with Gasteiger partial charge in [0.05, 0.1) is 10.6 Å². The van der Waals surface area contributed by atoms with Crippen LogP contribution in [0, 0.1) is 36.0 Å². The van der Waals surface area contributed by atoms with Crippen LogP contribution in [0.3, 0.4) is 0 Å². The van der Waals surface area contributed by atoms with Gasteiger partial charge >= 0.3 is 5.97 Å². The molecule has 0 unspecified atom stereocenters. The Morgan fingerprint density at radius 3 is 2.31 bits per heavy atom. The molecule has 2 fully saturated rings. The third kappa shape index (κ3) is 6.09. The lowest BCUT2D eigenvalue weighted by molar-refractivity contribution is -0.139. The number of likely N-dealkylation sites (tertiary alicyclic amines) is 1. The third-order valence-electron chi connectivity index (χ3n) is 7.08. The molecule has 0 spiro atoms. The van der Waals surface area contributed by atoms with Crippen molar-refractivity contribution < 1.29 is 19.5 Å². The van der Waals surface area contributed by atoms with Crippen molar-refractivity contribution in [3.05, 3.63) is 15.3 Å². The summed E-state index contributed by atoms with van der Waals surface area (Å²) in [5, 5.41) is 10.1. The Morgan fingerprint density at radius 2 is 1.77 bits per heavy atom. The van der Waals surface area contributed by atoms with Gasteiger partial charge in [-0.1, -0.05) is 18.8 Å². The van der Waals surface area contributed by atoms with Crippen LogP contribution in [0.1, 0.15) is 100 Å². The minimum Gasteiger partial charge on any atom is -0.477 e. The molecular weight excluding hydrogens is 460 g/mol. The standard InChI is InChI=1S/C28H40N2O4S/c1-17(2)29-16-8-9-21(26(29)32)30(25(31)20-12-10-18(3)11-13-20)23-19(4)22(14-15-28(5,6)7)35-24(23)27(33)34/h17-18,20-21H,8-13,16H2,1-7H3,(H,33,34)/t18-,20-,21-/m0/s1. The summed E-state index contributed by atoms with van der Waals surface area (Å²) in [5.41, 5.74) is 0.801. The summed E-state index contributed by atoms with van der Waals surface area (Å²) in [4.78, 5) is 44.3. The lowest BCUT2D eigenvalue weighted by Crippen LogP contribution is -2.57. The van der Waals surface area contributed by atoms with E-state index in [0.717, 1.165) is 43.4 Å². The number of carboxylic acids is 1. The van der Waals surface area contributed by atoms with Gasteiger partial charge in [-0.3, -0.25) is 14.5 Å². The van der Waals surface area contributed by atoms with Gasteiger partial charge in [-0.2, -0.15) is 0 Å². The second-order valence-electron chi connectivity index (χ2n) is 11.5. The summed E-state index contributed by atoms with van der Waals surface area (Å²) in [6.07, 6.45) is 4.80. The van der Waals surface area contributed by atoms with Gasteiger partial charge in [0.2, 0.25) is 11.8 Å². The monoisotopic (exact) mass is 500 g/mol. The van der Waals surface area contributed by atoms with Crippen molar-refractivity contribution in [3.8, 4) is 11.8 Å². The fraction of sp³-hybridized carbons (Fsp3) is 0.679. The molecular formula is C28H40N2O4S. The van der Waals surface area contributed by atoms with E-state index in [2.05, 4.69) is 18.8 Å². The van der Waals surface area contributed by atoms with Crippen molar-refractivity contribution in [2.75, 3.05) is 11.4 Å². The molecule has 0 bridgehead atoms. The maximum Gasteiger partial charge on any atom is 0.348 e. The third-order valence-corrected chi connectivity index (χ3v) is 8.27. The molecule has 2 amide bonds. The fourth-order valence-electron chi connectivity index (χ4n) is 5.06. The number of aromatic carboxylic acids is 1. The molecule has 2 aliphatic rings. The minimum atomic E-state index is -1.09. The molecule has 0 radical (unpaired) electrons. The zero-order chi connectivity index (χ0) is 26.1. The van der Waals surface area contributed by atoms with Crippen molar-refractivity contribution >= 4 is 34.8 Å². The Kier molecular flexibility index (Phi) is 8.36. The summed E-state index contributed by atoms with van der Waals surface area (Å²) in [7, 11) is 0. The molecule has 1 aromatic heterocycles. The van der Waals surface area contributed by atoms with Gasteiger partial charge < -0.3 is 10.0 Å². The Balaban J connectivity index is 2.15. The van der Waals surface area contributed by atoms with Crippen molar-refractivity contribution in [1.82, 2.24) is 4.90 Å². The number of rotatable bonds is 5. The molecule has 1 aromatic rings. The van der Waals surface area contributed by atoms with E-state index in [4.69, 9.17) is 0 Å². The Hall–Kier alpha value is -2.33. The van der Waals surface area contributed by atoms with Gasteiger partial charge in [-0.05, 0) is 86.0 Å². The van der Waals surface area contributed by atoms with E-state index < -0.39 is 12.0 Å². The number of hydrogen-bond acceptors (Lipinski definition) is 4. The molecule has 7 heteroatoms. The molecule has 6 nitrogen and oxygen atoms in total. The number of piperidine rings is 1. The highest BCUT2D eigenvalue weighted by Gasteiger charge is 2.43. The molecule has 1 N–H and O–H groups in total. The van der Waals surface area contributed by atoms with Crippen LogP contribution in [-0.2, 0) is 9.59 Å². The van der Waals surface area contributed by atoms with E-state index in [1.54, 1.807) is 4.90 Å². The maximum absolute atomic E-state index is 14.1. The fourth-order valence-corrected chi connectivity index (χ4v) is 6.05. The van der Waals surface area contributed by atoms with E-state index in [0.29, 0.717) is 35.0 Å². The summed E-state index contributed by atoms with van der Waals surface area (Å²) < 4.78 is 0. The van der Waals surface area contributed by atoms with Crippen molar-refractivity contribution in [1.29, 1.82) is 0 Å². The highest BCUT2D eigenvalue weighted by atomic mass is 32.1. The molecule has 2 heterocycles. The highest BCUT2D eigenvalue weighted by Crippen LogP contribution is 2.41. The molecule has 1 atom stereocenters. The van der Waals surface area contributed by atoms with Crippen LogP contribution < -0.4 is 4.90 Å². The normalized spacial score (nSPS) is 23.1. The lowest BCUT2D eigenvalue weighted by atomic mass is 9.81. The van der Waals surface area contributed by atoms with Crippen molar-refractivity contribution in [2.45, 2.75) is 99.1 Å². The SMILES string of the molecule is Cc1c(C#CC(C)(C)C)sc(C(=O)O)c1N(C(=O)[C@H]1CC[C@H](C)CC1)[C@H]1CCCN(C(C)C)C1=O. The van der Waals surface area contributed by atoms with Crippen LogP contribution in [-0.4, -0.2) is 46.4 Å². The van der Waals surface area contributed by atoms with Gasteiger partial charge in [0.15, 0.2) is 0 Å². The first-order valence-electron chi connectivity index (χ1n) is 12.8. The number of hydrogen-bond donors (Lipinski definition) is 1. The first kappa shape index (κ1) is 27.3. The predicted octanol–water partition coefficient (Wildman–Crippen LogP) is 5.71. The number of thiophene rings is 1. The average molecular weight is 501 g/mol. The topological polar surface area (TPSA) is 77.9 Å². The van der Waals surface area contributed by atoms with E-state index in [1.165, 1.54) is 0 Å². The Labute approximate surface area is 214 Å². The summed E-state index contributed by atoms with van der Waals surface area (Å²) in [6.45, 7) is 14.7. The van der Waals surface area contributed by atoms with Crippen LogP contribution >= 0.6 is 11.3 Å². The molecule has 0 aromatic carbocycles. The number of carboxylic acid groups (broad SMARTS) is 1. The minimum absolute atomic E-state index is 0.0218. The number of carbonyl (C=O) groups excluding carboxylic acids is 2. The first-order valence-corrected chi connectivity index (χ1v) is 13.7. The number of amides is 2. The van der Waals surface area contributed by atoms with Gasteiger partial charge in [0.1, 0.15) is 10.9 Å². The van der Waals surface area contributed by atoms with Crippen LogP contribution in [0.15, 0.2) is 0 Å². The van der Waals surface area contributed by atoms with Gasteiger partial charge in [0.25, 0.3) is 0 Å². The van der Waals surface area contributed by atoms with Crippen LogP contribution in [0.2, 0.25) is 0 Å². The summed E-state index contributed by atoms with van der Waals surface area (Å²) in [6, 6.07) is -0.665. The molecule has 1 aliphatic carbocycles. The second kappa shape index (κ2) is 10.7. The van der Waals surface area contributed by atoms with Crippen molar-refractivity contribution in [3.63, 3.8) is 0 Å². The summed E-state index contributed by atoms with van der Waals surface area (Å²) >= 11 is 1.11. The molecule has 1 aliphatic heterocycles. The maximum atomic E-state index is 14.1. The molecule has 3 rings (SSSR count). The van der Waals surface area contributed by atoms with Gasteiger partial charge in [0, 0.05) is 29.5 Å². The van der Waals surface area contributed by atoms with E-state index >= 15 is 0 Å². The Morgan fingerprint density at radius 1 is 1.14 bits per heavy atom. The van der Waals surface area contributed by atoms with Crippen LogP contribution in [0.5, 0.6) is 0 Å². The zero-order valence-corrected chi connectivity index (χ0v) is 23.1. The number of nitrogens with zero attached hydrogens (tertiary/aromatic N) is 2. The van der Waals surface area contributed by atoms with Crippen LogP contribution in [0.25, 0.3) is 0 Å². The second-order valence-corrected chi connectivity index (χ2v) is 12.5. The predicted molar refractivity (Wildman–Crippen MR) is 141 cm³/mol. The van der Waals surface area contributed by atoms with E-state index in [9.17, 15) is 19.5 Å². The highest BCUT2D eigenvalue weighted by molar-refractivity contribution is 7.15. The smallest absolute Gasteiger partial charge is 0.348 e. The number of anilines is 1. The van der Waals surface area contributed by atoms with Crippen LogP contribution in [0.4, 0.5) is 5.69 Å². The molecule has 35 heavy (non-hydrogen) atoms. The van der Waals surface area contributed by atoms with Gasteiger partial charge in [-0.15, -0.1) is 11.3 Å². The molecule has 192 valence electrons. The van der Waals surface area contributed by atoms with Crippen molar-refractivity contribution in [2.24, 2.45) is 17.3 Å². The average Bonchev–Trinajstić information content (AvgIpc) is 3.10. The number of carbonyl (C=O) groups is 3. The van der Waals surface area contributed by atoms with E-state index in [-0.39, 0.29) is 34.1 Å². The largest absolute Gasteiger partial charge is 0.477 e. The van der Waals surface area contributed by atoms with E-state index in [1.807, 2.05) is 46.4 Å².